The zero-order chi connectivity index (χ0) is 34.0. The third kappa shape index (κ3) is 8.15. The lowest BCUT2D eigenvalue weighted by Crippen LogP contribution is -2.68. The van der Waals surface area contributed by atoms with Gasteiger partial charge in [-0.3, -0.25) is 0 Å². The van der Waals surface area contributed by atoms with E-state index in [1.165, 1.54) is 22.1 Å². The molecule has 4 aromatic rings. The minimum Gasteiger partial charge on any atom is -0.497 e. The Hall–Kier alpha value is -3.60. The Kier molecular flexibility index (Phi) is 12.4. The molecule has 0 aromatic heterocycles. The summed E-state index contributed by atoms with van der Waals surface area (Å²) in [6, 6.07) is 38.2. The zero-order valence-corrected chi connectivity index (χ0v) is 30.1. The smallest absolute Gasteiger partial charge is 0.261 e. The molecular formula is C38H45N3O5SSi. The standard InChI is InChI=1S/C38H45N3O5SSi/c1-38(2,3)48(31-17-11-7-12-18-31,32-19-13-8-14-20-32)45-27-33-35(43-25-28-15-9-6-10-16-28)36(34(40-41-39)37(46-33)47-5)44-26-29-21-23-30(42-4)24-22-29/h6-24,33-37H,25-27H2,1-5H3/t33-,34-,35-,36-,37+/m1/s1. The summed E-state index contributed by atoms with van der Waals surface area (Å²) in [5, 5.41) is 6.36. The highest BCUT2D eigenvalue weighted by Gasteiger charge is 2.53. The highest BCUT2D eigenvalue weighted by Crippen LogP contribution is 2.39. The highest BCUT2D eigenvalue weighted by atomic mass is 32.2. The molecule has 0 radical (unpaired) electrons. The molecule has 0 saturated carbocycles. The summed E-state index contributed by atoms with van der Waals surface area (Å²) >= 11 is 1.49. The molecule has 8 nitrogen and oxygen atoms in total. The van der Waals surface area contributed by atoms with Crippen LogP contribution in [0.15, 0.2) is 120 Å². The molecule has 10 heteroatoms. The van der Waals surface area contributed by atoms with Gasteiger partial charge in [0.2, 0.25) is 0 Å². The molecule has 0 unspecified atom stereocenters. The summed E-state index contributed by atoms with van der Waals surface area (Å²) in [6.07, 6.45) is 0.237. The van der Waals surface area contributed by atoms with Crippen LogP contribution in [-0.4, -0.2) is 58.1 Å². The van der Waals surface area contributed by atoms with Crippen molar-refractivity contribution in [2.24, 2.45) is 5.11 Å². The molecule has 1 aliphatic rings. The summed E-state index contributed by atoms with van der Waals surface area (Å²) in [7, 11) is -1.25. The number of methoxy groups -OCH3 is 1. The SMILES string of the molecule is COc1ccc(CO[C@@H]2[C@@H](N=[N+]=[N-])[C@H](SC)O[C@H](CO[Si](c3ccccc3)(c3ccccc3)C(C)(C)C)[C@H]2OCc2ccccc2)cc1. The molecule has 1 heterocycles. The third-order valence-electron chi connectivity index (χ3n) is 8.80. The van der Waals surface area contributed by atoms with Crippen LogP contribution in [-0.2, 0) is 31.9 Å². The number of azide groups is 1. The van der Waals surface area contributed by atoms with Crippen LogP contribution in [0.25, 0.3) is 10.4 Å². The second-order valence-electron chi connectivity index (χ2n) is 12.8. The van der Waals surface area contributed by atoms with Gasteiger partial charge in [-0.15, -0.1) is 11.8 Å². The molecule has 0 N–H and O–H groups in total. The first kappa shape index (κ1) is 35.7. The van der Waals surface area contributed by atoms with Crippen LogP contribution in [0.3, 0.4) is 0 Å². The molecule has 1 saturated heterocycles. The van der Waals surface area contributed by atoms with Gasteiger partial charge in [0.25, 0.3) is 8.32 Å². The third-order valence-corrected chi connectivity index (χ3v) is 14.7. The van der Waals surface area contributed by atoms with E-state index in [1.54, 1.807) is 7.11 Å². The summed E-state index contributed by atoms with van der Waals surface area (Å²) in [5.74, 6) is 0.767. The first-order valence-corrected chi connectivity index (χ1v) is 19.4. The molecule has 0 spiro atoms. The van der Waals surface area contributed by atoms with E-state index in [9.17, 15) is 5.53 Å². The number of nitrogens with zero attached hydrogens (tertiary/aromatic N) is 3. The lowest BCUT2D eigenvalue weighted by Gasteiger charge is -2.47. The van der Waals surface area contributed by atoms with E-state index in [2.05, 4.69) is 79.3 Å². The molecule has 4 aromatic carbocycles. The number of rotatable bonds is 14. The highest BCUT2D eigenvalue weighted by molar-refractivity contribution is 7.99. The van der Waals surface area contributed by atoms with Gasteiger partial charge in [0.15, 0.2) is 0 Å². The summed E-state index contributed by atoms with van der Waals surface area (Å²) in [6.45, 7) is 7.66. The van der Waals surface area contributed by atoms with Gasteiger partial charge < -0.3 is 23.4 Å². The normalized spacial score (nSPS) is 21.3. The predicted octanol–water partition coefficient (Wildman–Crippen LogP) is 7.51. The molecule has 5 atom stereocenters. The molecule has 0 aliphatic carbocycles. The lowest BCUT2D eigenvalue weighted by atomic mass is 9.97. The van der Waals surface area contributed by atoms with Crippen LogP contribution in [0, 0.1) is 0 Å². The lowest BCUT2D eigenvalue weighted by molar-refractivity contribution is -0.205. The second kappa shape index (κ2) is 16.7. The monoisotopic (exact) mass is 683 g/mol. The molecule has 1 fully saturated rings. The fourth-order valence-electron chi connectivity index (χ4n) is 6.45. The molecule has 252 valence electrons. The minimum absolute atomic E-state index is 0.221. The van der Waals surface area contributed by atoms with Gasteiger partial charge in [-0.1, -0.05) is 129 Å². The molecule has 5 rings (SSSR count). The Balaban J connectivity index is 1.53. The van der Waals surface area contributed by atoms with Gasteiger partial charge in [-0.05, 0) is 50.5 Å². The van der Waals surface area contributed by atoms with Crippen LogP contribution in [0.1, 0.15) is 31.9 Å². The van der Waals surface area contributed by atoms with Gasteiger partial charge in [0.1, 0.15) is 29.4 Å². The molecule has 1 aliphatic heterocycles. The maximum atomic E-state index is 9.67. The van der Waals surface area contributed by atoms with Crippen LogP contribution < -0.4 is 15.1 Å². The van der Waals surface area contributed by atoms with E-state index in [1.807, 2.05) is 73.0 Å². The quantitative estimate of drug-likeness (QED) is 0.0591. The van der Waals surface area contributed by atoms with Gasteiger partial charge in [0, 0.05) is 4.91 Å². The average Bonchev–Trinajstić information content (AvgIpc) is 3.12. The fourth-order valence-corrected chi connectivity index (χ4v) is 11.8. The first-order valence-electron chi connectivity index (χ1n) is 16.2. The Morgan fingerprint density at radius 2 is 1.29 bits per heavy atom. The Morgan fingerprint density at radius 3 is 1.79 bits per heavy atom. The largest absolute Gasteiger partial charge is 0.497 e. The van der Waals surface area contributed by atoms with Crippen LogP contribution in [0.2, 0.25) is 5.04 Å². The predicted molar refractivity (Wildman–Crippen MR) is 195 cm³/mol. The number of benzene rings is 4. The molecular weight excluding hydrogens is 639 g/mol. The summed E-state index contributed by atoms with van der Waals surface area (Å²) in [5.41, 5.74) is 11.2. The van der Waals surface area contributed by atoms with Crippen molar-refractivity contribution < 1.29 is 23.4 Å². The van der Waals surface area contributed by atoms with Crippen LogP contribution in [0.4, 0.5) is 0 Å². The van der Waals surface area contributed by atoms with Crippen molar-refractivity contribution in [1.82, 2.24) is 0 Å². The van der Waals surface area contributed by atoms with E-state index in [0.717, 1.165) is 16.9 Å². The number of thioether (sulfide) groups is 1. The number of ether oxygens (including phenoxy) is 4. The summed E-state index contributed by atoms with van der Waals surface area (Å²) in [4.78, 5) is 3.22. The first-order chi connectivity index (χ1) is 23.3. The van der Waals surface area contributed by atoms with Crippen molar-refractivity contribution in [3.05, 3.63) is 137 Å². The molecule has 48 heavy (non-hydrogen) atoms. The van der Waals surface area contributed by atoms with Crippen molar-refractivity contribution in [3.63, 3.8) is 0 Å². The Bertz CT molecular complexity index is 1560. The van der Waals surface area contributed by atoms with E-state index >= 15 is 0 Å². The maximum Gasteiger partial charge on any atom is 0.261 e. The maximum absolute atomic E-state index is 9.67. The van der Waals surface area contributed by atoms with Crippen molar-refractivity contribution in [2.75, 3.05) is 20.0 Å². The van der Waals surface area contributed by atoms with Gasteiger partial charge in [-0.2, -0.15) is 0 Å². The zero-order valence-electron chi connectivity index (χ0n) is 28.3. The van der Waals surface area contributed by atoms with Gasteiger partial charge in [-0.25, -0.2) is 0 Å². The second-order valence-corrected chi connectivity index (χ2v) is 18.1. The van der Waals surface area contributed by atoms with Gasteiger partial charge in [0.05, 0.1) is 33.0 Å². The molecule has 0 amide bonds. The van der Waals surface area contributed by atoms with Crippen molar-refractivity contribution >= 4 is 30.5 Å². The van der Waals surface area contributed by atoms with Gasteiger partial charge >= 0.3 is 0 Å². The van der Waals surface area contributed by atoms with Crippen LogP contribution >= 0.6 is 11.8 Å². The summed E-state index contributed by atoms with van der Waals surface area (Å²) < 4.78 is 32.9. The minimum atomic E-state index is -2.89. The van der Waals surface area contributed by atoms with E-state index < -0.39 is 38.1 Å². The van der Waals surface area contributed by atoms with Crippen molar-refractivity contribution in [3.8, 4) is 5.75 Å². The average molecular weight is 684 g/mol. The number of hydrogen-bond acceptors (Lipinski definition) is 7. The topological polar surface area (TPSA) is 94.9 Å². The van der Waals surface area contributed by atoms with E-state index in [0.29, 0.717) is 13.2 Å². The Labute approximate surface area is 289 Å². The van der Waals surface area contributed by atoms with E-state index in [4.69, 9.17) is 23.4 Å². The molecule has 0 bridgehead atoms. The van der Waals surface area contributed by atoms with Crippen LogP contribution in [0.5, 0.6) is 5.75 Å². The van der Waals surface area contributed by atoms with Crippen molar-refractivity contribution in [1.29, 1.82) is 0 Å². The number of hydrogen-bond donors (Lipinski definition) is 0. The van der Waals surface area contributed by atoms with Crippen molar-refractivity contribution in [2.45, 2.75) is 68.8 Å². The Morgan fingerprint density at radius 1 is 0.771 bits per heavy atom. The fraction of sp³-hybridized carbons (Fsp3) is 0.368. The van der Waals surface area contributed by atoms with E-state index in [-0.39, 0.29) is 11.6 Å².